The van der Waals surface area contributed by atoms with Gasteiger partial charge in [0.2, 0.25) is 21.8 Å². The van der Waals surface area contributed by atoms with E-state index in [1.807, 2.05) is 13.8 Å². The van der Waals surface area contributed by atoms with Crippen LogP contribution in [0.4, 0.5) is 18.9 Å². The summed E-state index contributed by atoms with van der Waals surface area (Å²) in [5.41, 5.74) is 1.89. The summed E-state index contributed by atoms with van der Waals surface area (Å²) < 4.78 is 69.7. The minimum Gasteiger partial charge on any atom is -0.406 e. The number of imide groups is 1. The lowest BCUT2D eigenvalue weighted by Crippen LogP contribution is -2.50. The lowest BCUT2D eigenvalue weighted by Gasteiger charge is -2.34. The van der Waals surface area contributed by atoms with Crippen LogP contribution in [0, 0.1) is 13.8 Å². The van der Waals surface area contributed by atoms with Crippen LogP contribution in [0.5, 0.6) is 5.75 Å². The number of ether oxygens (including phenoxy) is 1. The monoisotopic (exact) mass is 606 g/mol. The lowest BCUT2D eigenvalue weighted by molar-refractivity contribution is -0.274. The summed E-state index contributed by atoms with van der Waals surface area (Å²) >= 11 is 0. The van der Waals surface area contributed by atoms with Gasteiger partial charge in [-0.15, -0.1) is 13.2 Å². The zero-order valence-corrected chi connectivity index (χ0v) is 23.8. The third-order valence-corrected chi connectivity index (χ3v) is 9.74. The van der Waals surface area contributed by atoms with Crippen molar-refractivity contribution in [2.45, 2.75) is 57.9 Å². The number of halogens is 3. The van der Waals surface area contributed by atoms with Crippen LogP contribution in [0.15, 0.2) is 41.4 Å². The topological polar surface area (TPSA) is 125 Å². The van der Waals surface area contributed by atoms with Gasteiger partial charge in [0.1, 0.15) is 17.1 Å². The summed E-state index contributed by atoms with van der Waals surface area (Å²) in [5, 5.41) is 2.62. The Morgan fingerprint density at radius 2 is 1.62 bits per heavy atom. The van der Waals surface area contributed by atoms with Crippen molar-refractivity contribution < 1.29 is 40.7 Å². The van der Waals surface area contributed by atoms with Crippen molar-refractivity contribution in [3.8, 4) is 5.75 Å². The normalized spacial score (nSPS) is 19.4. The van der Waals surface area contributed by atoms with Crippen LogP contribution in [-0.2, 0) is 30.8 Å². The first-order valence-electron chi connectivity index (χ1n) is 13.4. The molecule has 1 N–H and O–H groups in total. The molecule has 14 heteroatoms. The number of amidine groups is 1. The van der Waals surface area contributed by atoms with Crippen molar-refractivity contribution in [2.24, 2.45) is 4.99 Å². The predicted octanol–water partition coefficient (Wildman–Crippen LogP) is 3.14. The highest BCUT2D eigenvalue weighted by molar-refractivity contribution is 7.89. The molecule has 2 aromatic rings. The summed E-state index contributed by atoms with van der Waals surface area (Å²) in [4.78, 5) is 42.8. The second kappa shape index (κ2) is 10.8. The molecule has 0 atom stereocenters. The van der Waals surface area contributed by atoms with E-state index < -0.39 is 33.6 Å². The number of nitrogens with one attached hydrogen (secondary N) is 1. The number of benzene rings is 2. The largest absolute Gasteiger partial charge is 0.573 e. The molecule has 2 aromatic carbocycles. The van der Waals surface area contributed by atoms with Gasteiger partial charge in [0.15, 0.2) is 0 Å². The third kappa shape index (κ3) is 5.91. The van der Waals surface area contributed by atoms with Crippen molar-refractivity contribution in [1.82, 2.24) is 9.62 Å². The maximum absolute atomic E-state index is 13.3. The standard InChI is InChI=1S/C28H29F3N4O6S/c1-17-14-20(35-23(36)6-7-24(35)37)15-18(2)22(17)8-13-42(39,40)34-11-9-27(10-12-34)26(38)32-25(33-27)19-4-3-5-21(16-19)41-28(29,30)31/h3-5,14-16H,6-13H2,1-2H3,(H,32,33,38). The van der Waals surface area contributed by atoms with Gasteiger partial charge in [-0.3, -0.25) is 24.3 Å². The molecule has 1 spiro atoms. The van der Waals surface area contributed by atoms with Gasteiger partial charge in [0.25, 0.3) is 5.91 Å². The van der Waals surface area contributed by atoms with Crippen LogP contribution >= 0.6 is 0 Å². The fourth-order valence-corrected chi connectivity index (χ4v) is 7.14. The summed E-state index contributed by atoms with van der Waals surface area (Å²) in [6.07, 6.45) is -4.06. The molecule has 0 unspecified atom stereocenters. The zero-order valence-electron chi connectivity index (χ0n) is 23.0. The Labute approximate surface area is 240 Å². The predicted molar refractivity (Wildman–Crippen MR) is 146 cm³/mol. The first-order chi connectivity index (χ1) is 19.7. The van der Waals surface area contributed by atoms with E-state index in [9.17, 15) is 36.0 Å². The molecule has 0 bridgehead atoms. The fraction of sp³-hybridized carbons (Fsp3) is 0.429. The van der Waals surface area contributed by atoms with Crippen molar-refractivity contribution in [3.05, 3.63) is 58.7 Å². The molecular weight excluding hydrogens is 577 g/mol. The minimum absolute atomic E-state index is 0.0554. The Balaban J connectivity index is 1.24. The first kappa shape index (κ1) is 29.7. The van der Waals surface area contributed by atoms with Gasteiger partial charge in [-0.05, 0) is 74.1 Å². The number of carbonyl (C=O) groups is 3. The number of aryl methyl sites for hydroxylation is 2. The van der Waals surface area contributed by atoms with E-state index in [-0.39, 0.29) is 74.2 Å². The van der Waals surface area contributed by atoms with Gasteiger partial charge in [-0.2, -0.15) is 0 Å². The van der Waals surface area contributed by atoms with E-state index in [1.54, 1.807) is 12.1 Å². The third-order valence-electron chi connectivity index (χ3n) is 7.86. The highest BCUT2D eigenvalue weighted by Crippen LogP contribution is 2.34. The number of anilines is 1. The van der Waals surface area contributed by atoms with Crippen LogP contribution in [0.2, 0.25) is 0 Å². The maximum atomic E-state index is 13.3. The van der Waals surface area contributed by atoms with E-state index in [0.29, 0.717) is 5.69 Å². The molecule has 3 heterocycles. The number of carbonyl (C=O) groups excluding carboxylic acids is 3. The first-order valence-corrected chi connectivity index (χ1v) is 15.0. The SMILES string of the molecule is Cc1cc(N2C(=O)CCC2=O)cc(C)c1CCS(=O)(=O)N1CCC2(CC1)N=C(c1cccc(OC(F)(F)F)c1)NC2=O. The Morgan fingerprint density at radius 1 is 1.00 bits per heavy atom. The molecule has 10 nitrogen and oxygen atoms in total. The van der Waals surface area contributed by atoms with Crippen molar-refractivity contribution >= 4 is 39.3 Å². The average Bonchev–Trinajstić information content (AvgIpc) is 3.40. The molecule has 0 saturated carbocycles. The highest BCUT2D eigenvalue weighted by Gasteiger charge is 2.47. The number of alkyl halides is 3. The van der Waals surface area contributed by atoms with Crippen molar-refractivity contribution in [3.63, 3.8) is 0 Å². The number of sulfonamides is 1. The Kier molecular flexibility index (Phi) is 7.64. The number of aliphatic imine (C=N–C) groups is 1. The second-order valence-corrected chi connectivity index (χ2v) is 12.8. The molecule has 2 fully saturated rings. The molecule has 5 rings (SSSR count). The quantitative estimate of drug-likeness (QED) is 0.483. The molecule has 0 aliphatic carbocycles. The number of piperidine rings is 1. The van der Waals surface area contributed by atoms with Crippen LogP contribution in [0.25, 0.3) is 0 Å². The summed E-state index contributed by atoms with van der Waals surface area (Å²) in [7, 11) is -3.70. The van der Waals surface area contributed by atoms with Crippen LogP contribution < -0.4 is 15.0 Å². The average molecular weight is 607 g/mol. The number of nitrogens with zero attached hydrogens (tertiary/aromatic N) is 3. The molecule has 42 heavy (non-hydrogen) atoms. The Hall–Kier alpha value is -3.78. The van der Waals surface area contributed by atoms with Gasteiger partial charge in [-0.1, -0.05) is 12.1 Å². The maximum Gasteiger partial charge on any atom is 0.573 e. The van der Waals surface area contributed by atoms with E-state index in [4.69, 9.17) is 0 Å². The minimum atomic E-state index is -4.87. The van der Waals surface area contributed by atoms with Crippen LogP contribution in [-0.4, -0.2) is 67.0 Å². The lowest BCUT2D eigenvalue weighted by atomic mass is 9.89. The summed E-state index contributed by atoms with van der Waals surface area (Å²) in [5.74, 6) is -1.46. The van der Waals surface area contributed by atoms with Gasteiger partial charge in [0.05, 0.1) is 11.4 Å². The summed E-state index contributed by atoms with van der Waals surface area (Å²) in [6.45, 7) is 3.74. The zero-order chi connectivity index (χ0) is 30.4. The van der Waals surface area contributed by atoms with Crippen molar-refractivity contribution in [1.29, 1.82) is 0 Å². The van der Waals surface area contributed by atoms with Gasteiger partial charge in [-0.25, -0.2) is 12.7 Å². The van der Waals surface area contributed by atoms with Gasteiger partial charge >= 0.3 is 6.36 Å². The van der Waals surface area contributed by atoms with Crippen LogP contribution in [0.3, 0.4) is 0 Å². The molecular formula is C28H29F3N4O6S. The molecule has 3 aliphatic heterocycles. The van der Waals surface area contributed by atoms with E-state index >= 15 is 0 Å². The van der Waals surface area contributed by atoms with E-state index in [2.05, 4.69) is 15.0 Å². The Bertz CT molecular complexity index is 1560. The molecule has 224 valence electrons. The number of hydrogen-bond donors (Lipinski definition) is 1. The number of hydrogen-bond acceptors (Lipinski definition) is 7. The van der Waals surface area contributed by atoms with Gasteiger partial charge in [0, 0.05) is 31.5 Å². The Morgan fingerprint density at radius 3 is 2.21 bits per heavy atom. The number of rotatable bonds is 7. The smallest absolute Gasteiger partial charge is 0.406 e. The number of amides is 3. The molecule has 2 saturated heterocycles. The summed E-state index contributed by atoms with van der Waals surface area (Å²) in [6, 6.07) is 8.56. The van der Waals surface area contributed by atoms with Gasteiger partial charge < -0.3 is 10.1 Å². The van der Waals surface area contributed by atoms with Crippen molar-refractivity contribution in [2.75, 3.05) is 23.7 Å². The second-order valence-electron chi connectivity index (χ2n) is 10.7. The molecule has 3 aliphatic rings. The van der Waals surface area contributed by atoms with E-state index in [1.165, 1.54) is 21.3 Å². The van der Waals surface area contributed by atoms with E-state index in [0.717, 1.165) is 28.8 Å². The van der Waals surface area contributed by atoms with Crippen LogP contribution in [0.1, 0.15) is 47.9 Å². The highest BCUT2D eigenvalue weighted by atomic mass is 32.2. The fourth-order valence-electron chi connectivity index (χ4n) is 5.69. The molecule has 3 amide bonds. The molecule has 0 radical (unpaired) electrons. The molecule has 0 aromatic heterocycles.